The van der Waals surface area contributed by atoms with E-state index in [9.17, 15) is 19.2 Å². The second-order valence-electron chi connectivity index (χ2n) is 6.72. The summed E-state index contributed by atoms with van der Waals surface area (Å²) in [4.78, 5) is 28.5. The summed E-state index contributed by atoms with van der Waals surface area (Å²) in [7, 11) is 0. The Balaban J connectivity index is 1.64. The number of esters is 1. The minimum atomic E-state index is -0.963. The lowest BCUT2D eigenvalue weighted by atomic mass is 9.98. The van der Waals surface area contributed by atoms with E-state index < -0.39 is 29.8 Å². The van der Waals surface area contributed by atoms with Gasteiger partial charge in [-0.1, -0.05) is 12.1 Å². The summed E-state index contributed by atoms with van der Waals surface area (Å²) in [5, 5.41) is 14.6. The van der Waals surface area contributed by atoms with Gasteiger partial charge in [0.1, 0.15) is 22.7 Å². The third kappa shape index (κ3) is 4.43. The number of ether oxygens (including phenoxy) is 1. The van der Waals surface area contributed by atoms with Crippen molar-refractivity contribution in [3.05, 3.63) is 54.0 Å². The quantitative estimate of drug-likeness (QED) is 0.714. The number of hydrogen-bond acceptors (Lipinski definition) is 6. The zero-order valence-corrected chi connectivity index (χ0v) is 15.2. The maximum absolute atomic E-state index is 13.8. The first-order chi connectivity index (χ1) is 13.4. The van der Waals surface area contributed by atoms with E-state index in [2.05, 4.69) is 21.7 Å². The molecular weight excluding hydrogens is 363 g/mol. The molecule has 2 N–H and O–H groups in total. The number of rotatable bonds is 7. The lowest BCUT2D eigenvalue weighted by Gasteiger charge is -2.22. The van der Waals surface area contributed by atoms with Gasteiger partial charge in [-0.05, 0) is 49.9 Å². The lowest BCUT2D eigenvalue weighted by Crippen LogP contribution is -2.48. The number of pyridine rings is 1. The first kappa shape index (κ1) is 19.3. The average molecular weight is 382 g/mol. The van der Waals surface area contributed by atoms with Gasteiger partial charge in [-0.3, -0.25) is 4.79 Å². The van der Waals surface area contributed by atoms with Crippen LogP contribution in [0.25, 0.3) is 0 Å². The Hall–Kier alpha value is -3.47. The number of amides is 1. The molecule has 8 heteroatoms. The number of nitrogens with zero attached hydrogens (tertiary/aromatic N) is 2. The molecule has 3 rings (SSSR count). The molecule has 0 saturated heterocycles. The predicted molar refractivity (Wildman–Crippen MR) is 99.1 cm³/mol. The first-order valence-electron chi connectivity index (χ1n) is 8.79. The number of nitriles is 1. The van der Waals surface area contributed by atoms with Gasteiger partial charge in [0.05, 0.1) is 11.8 Å². The molecular formula is C20H19FN4O3. The summed E-state index contributed by atoms with van der Waals surface area (Å²) in [5.74, 6) is -1.61. The monoisotopic (exact) mass is 382 g/mol. The number of carbonyl (C=O) groups excluding carboxylic acids is 2. The third-order valence-electron chi connectivity index (χ3n) is 4.51. The fourth-order valence-corrected chi connectivity index (χ4v) is 2.78. The first-order valence-corrected chi connectivity index (χ1v) is 8.79. The van der Waals surface area contributed by atoms with Crippen molar-refractivity contribution in [2.24, 2.45) is 5.92 Å². The molecule has 1 saturated carbocycles. The third-order valence-corrected chi connectivity index (χ3v) is 4.51. The zero-order valence-electron chi connectivity index (χ0n) is 15.2. The molecule has 1 amide bonds. The fraction of sp³-hybridized carbons (Fsp3) is 0.300. The van der Waals surface area contributed by atoms with E-state index in [0.29, 0.717) is 0 Å². The Morgan fingerprint density at radius 2 is 2.07 bits per heavy atom. The van der Waals surface area contributed by atoms with Gasteiger partial charge in [0.25, 0.3) is 5.91 Å². The van der Waals surface area contributed by atoms with Crippen molar-refractivity contribution in [1.82, 2.24) is 10.3 Å². The topological polar surface area (TPSA) is 104 Å². The fourth-order valence-electron chi connectivity index (χ4n) is 2.78. The van der Waals surface area contributed by atoms with Crippen molar-refractivity contribution in [2.75, 3.05) is 11.9 Å². The minimum Gasteiger partial charge on any atom is -0.452 e. The molecule has 0 unspecified atom stereocenters. The number of halogens is 1. The SMILES string of the molecule is C[C@@](C#N)(NC(=O)COC(=O)c1cccnc1Nc1ccccc1F)C1CC1. The Kier molecular flexibility index (Phi) is 5.54. The Morgan fingerprint density at radius 1 is 1.32 bits per heavy atom. The summed E-state index contributed by atoms with van der Waals surface area (Å²) in [6.07, 6.45) is 3.20. The van der Waals surface area contributed by atoms with Gasteiger partial charge >= 0.3 is 5.97 Å². The number of aromatic nitrogens is 1. The highest BCUT2D eigenvalue weighted by Crippen LogP contribution is 2.39. The smallest absolute Gasteiger partial charge is 0.342 e. The van der Waals surface area contributed by atoms with E-state index in [0.717, 1.165) is 12.8 Å². The van der Waals surface area contributed by atoms with Crippen LogP contribution in [0.3, 0.4) is 0 Å². The summed E-state index contributed by atoms with van der Waals surface area (Å²) < 4.78 is 18.9. The van der Waals surface area contributed by atoms with Crippen LogP contribution in [0.4, 0.5) is 15.9 Å². The Morgan fingerprint density at radius 3 is 2.75 bits per heavy atom. The number of anilines is 2. The number of para-hydroxylation sites is 1. The molecule has 0 aliphatic heterocycles. The molecule has 1 aromatic carbocycles. The average Bonchev–Trinajstić information content (AvgIpc) is 3.54. The highest BCUT2D eigenvalue weighted by Gasteiger charge is 2.43. The van der Waals surface area contributed by atoms with Gasteiger partial charge in [-0.15, -0.1) is 0 Å². The van der Waals surface area contributed by atoms with Crippen LogP contribution in [0.5, 0.6) is 0 Å². The van der Waals surface area contributed by atoms with Crippen LogP contribution in [-0.4, -0.2) is 29.0 Å². The van der Waals surface area contributed by atoms with E-state index in [4.69, 9.17) is 4.74 Å². The predicted octanol–water partition coefficient (Wildman–Crippen LogP) is 2.93. The van der Waals surface area contributed by atoms with Crippen LogP contribution in [0, 0.1) is 23.1 Å². The molecule has 7 nitrogen and oxygen atoms in total. The summed E-state index contributed by atoms with van der Waals surface area (Å²) >= 11 is 0. The lowest BCUT2D eigenvalue weighted by molar-refractivity contribution is -0.125. The molecule has 1 aliphatic carbocycles. The highest BCUT2D eigenvalue weighted by molar-refractivity contribution is 5.96. The second kappa shape index (κ2) is 8.05. The molecule has 1 aliphatic rings. The molecule has 144 valence electrons. The normalized spacial score (nSPS) is 15.0. The van der Waals surface area contributed by atoms with Crippen molar-refractivity contribution in [3.63, 3.8) is 0 Å². The molecule has 1 heterocycles. The molecule has 0 spiro atoms. The van der Waals surface area contributed by atoms with Crippen molar-refractivity contribution in [3.8, 4) is 6.07 Å². The minimum absolute atomic E-state index is 0.0591. The van der Waals surface area contributed by atoms with Crippen LogP contribution in [0.15, 0.2) is 42.6 Å². The summed E-state index contributed by atoms with van der Waals surface area (Å²) in [6.45, 7) is 1.12. The standard InChI is InChI=1S/C20H19FN4O3/c1-20(12-22,13-8-9-13)25-17(26)11-28-19(27)14-5-4-10-23-18(14)24-16-7-3-2-6-15(16)21/h2-7,10,13H,8-9,11H2,1H3,(H,23,24)(H,25,26)/t20-/m0/s1. The molecule has 0 bridgehead atoms. The maximum atomic E-state index is 13.8. The van der Waals surface area contributed by atoms with Crippen LogP contribution in [0.1, 0.15) is 30.1 Å². The van der Waals surface area contributed by atoms with Crippen molar-refractivity contribution >= 4 is 23.4 Å². The van der Waals surface area contributed by atoms with Crippen LogP contribution >= 0.6 is 0 Å². The van der Waals surface area contributed by atoms with E-state index in [1.54, 1.807) is 19.1 Å². The van der Waals surface area contributed by atoms with E-state index in [-0.39, 0.29) is 23.0 Å². The number of nitrogens with one attached hydrogen (secondary N) is 2. The number of benzene rings is 1. The molecule has 1 atom stereocenters. The van der Waals surface area contributed by atoms with Gasteiger partial charge in [-0.2, -0.15) is 5.26 Å². The van der Waals surface area contributed by atoms with E-state index in [1.165, 1.54) is 30.5 Å². The summed E-state index contributed by atoms with van der Waals surface area (Å²) in [5.41, 5.74) is -0.749. The second-order valence-corrected chi connectivity index (χ2v) is 6.72. The van der Waals surface area contributed by atoms with E-state index in [1.807, 2.05) is 0 Å². The maximum Gasteiger partial charge on any atom is 0.342 e. The molecule has 1 aromatic heterocycles. The summed E-state index contributed by atoms with van der Waals surface area (Å²) in [6, 6.07) is 11.1. The van der Waals surface area contributed by atoms with Crippen molar-refractivity contribution in [1.29, 1.82) is 5.26 Å². The molecule has 28 heavy (non-hydrogen) atoms. The van der Waals surface area contributed by atoms with Crippen LogP contribution < -0.4 is 10.6 Å². The number of carbonyl (C=O) groups is 2. The van der Waals surface area contributed by atoms with Gasteiger partial charge in [0.2, 0.25) is 0 Å². The van der Waals surface area contributed by atoms with Gasteiger partial charge in [0.15, 0.2) is 6.61 Å². The van der Waals surface area contributed by atoms with Gasteiger partial charge < -0.3 is 15.4 Å². The Labute approximate surface area is 161 Å². The van der Waals surface area contributed by atoms with Crippen molar-refractivity contribution < 1.29 is 18.7 Å². The van der Waals surface area contributed by atoms with Crippen LogP contribution in [-0.2, 0) is 9.53 Å². The Bertz CT molecular complexity index is 939. The number of hydrogen-bond donors (Lipinski definition) is 2. The van der Waals surface area contributed by atoms with Crippen LogP contribution in [0.2, 0.25) is 0 Å². The van der Waals surface area contributed by atoms with Crippen molar-refractivity contribution in [2.45, 2.75) is 25.3 Å². The molecule has 0 radical (unpaired) electrons. The zero-order chi connectivity index (χ0) is 20.1. The molecule has 1 fully saturated rings. The highest BCUT2D eigenvalue weighted by atomic mass is 19.1. The largest absolute Gasteiger partial charge is 0.452 e. The molecule has 2 aromatic rings. The van der Waals surface area contributed by atoms with Gasteiger partial charge in [0, 0.05) is 6.20 Å². The van der Waals surface area contributed by atoms with Gasteiger partial charge in [-0.25, -0.2) is 14.2 Å². The van der Waals surface area contributed by atoms with E-state index >= 15 is 0 Å².